The summed E-state index contributed by atoms with van der Waals surface area (Å²) in [5.41, 5.74) is 0. The number of nitro groups is 2. The Hall–Kier alpha value is -1.88. The Balaban J connectivity index is 5.60. The molecule has 0 aliphatic carbocycles. The Kier molecular flexibility index (Phi) is 6.97. The standard InChI is InChI=1S/C6H6F8N4O5/c7-5(8,17(19)20)3(1-15(11)12)23-4(2-16(13)14)6(9,10)18(21)22/h3-4H,1-2H2. The van der Waals surface area contributed by atoms with Gasteiger partial charge >= 0.3 is 12.1 Å². The molecule has 0 spiro atoms. The van der Waals surface area contributed by atoms with Crippen molar-refractivity contribution in [3.05, 3.63) is 20.2 Å². The molecule has 136 valence electrons. The fraction of sp³-hybridized carbons (Fsp3) is 1.00. The molecule has 0 aromatic rings. The first-order chi connectivity index (χ1) is 10.2. The van der Waals surface area contributed by atoms with Crippen LogP contribution in [-0.4, -0.2) is 57.9 Å². The first-order valence-corrected chi connectivity index (χ1v) is 5.11. The van der Waals surface area contributed by atoms with Crippen molar-refractivity contribution in [2.45, 2.75) is 24.3 Å². The van der Waals surface area contributed by atoms with Crippen molar-refractivity contribution in [2.75, 3.05) is 13.1 Å². The zero-order chi connectivity index (χ0) is 18.6. The predicted molar refractivity (Wildman–Crippen MR) is 50.4 cm³/mol. The van der Waals surface area contributed by atoms with Gasteiger partial charge in [0.15, 0.2) is 0 Å². The molecular weight excluding hydrogens is 360 g/mol. The van der Waals surface area contributed by atoms with Crippen LogP contribution in [0.3, 0.4) is 0 Å². The van der Waals surface area contributed by atoms with E-state index in [2.05, 4.69) is 4.74 Å². The lowest BCUT2D eigenvalue weighted by Crippen LogP contribution is -2.55. The largest absolute Gasteiger partial charge is 0.538 e. The van der Waals surface area contributed by atoms with Gasteiger partial charge in [-0.15, -0.1) is 35.5 Å². The van der Waals surface area contributed by atoms with Crippen LogP contribution in [0.4, 0.5) is 35.5 Å². The molecule has 0 bridgehead atoms. The molecule has 0 amide bonds. The first-order valence-electron chi connectivity index (χ1n) is 5.11. The summed E-state index contributed by atoms with van der Waals surface area (Å²) in [6, 6.07) is -10.8. The van der Waals surface area contributed by atoms with Crippen LogP contribution in [0.1, 0.15) is 0 Å². The number of rotatable bonds is 10. The molecule has 0 aromatic carbocycles. The second kappa shape index (κ2) is 7.59. The molecule has 0 fully saturated rings. The molecule has 0 N–H and O–H groups in total. The minimum absolute atomic E-state index is 2.13. The van der Waals surface area contributed by atoms with Crippen molar-refractivity contribution in [1.29, 1.82) is 0 Å². The zero-order valence-corrected chi connectivity index (χ0v) is 10.4. The number of nitrogens with zero attached hydrogens (tertiary/aromatic N) is 4. The third kappa shape index (κ3) is 5.67. The summed E-state index contributed by atoms with van der Waals surface area (Å²) in [5, 5.41) is 15.9. The Labute approximate surface area is 120 Å². The normalized spacial score (nSPS) is 15.7. The number of hydrogen-bond acceptors (Lipinski definition) is 7. The molecule has 9 nitrogen and oxygen atoms in total. The molecule has 0 heterocycles. The SMILES string of the molecule is O=[N+]([O-])C(F)(F)C(CN(F)F)OC(CN(F)F)C(F)(F)[N+](=O)[O-]. The Bertz CT molecular complexity index is 399. The van der Waals surface area contributed by atoms with E-state index in [1.807, 2.05) is 0 Å². The van der Waals surface area contributed by atoms with Crippen LogP contribution in [0.15, 0.2) is 0 Å². The van der Waals surface area contributed by atoms with Gasteiger partial charge in [0.05, 0.1) is 9.85 Å². The summed E-state index contributed by atoms with van der Waals surface area (Å²) in [6.07, 6.45) is -7.36. The maximum Gasteiger partial charge on any atom is 0.538 e. The third-order valence-corrected chi connectivity index (χ3v) is 2.20. The number of alkyl halides is 4. The van der Waals surface area contributed by atoms with Gasteiger partial charge in [-0.25, -0.2) is 0 Å². The second-order valence-corrected chi connectivity index (χ2v) is 3.77. The average molecular weight is 366 g/mol. The molecule has 17 heteroatoms. The molecule has 23 heavy (non-hydrogen) atoms. The fourth-order valence-corrected chi connectivity index (χ4v) is 1.15. The molecule has 2 unspecified atom stereocenters. The highest BCUT2D eigenvalue weighted by molar-refractivity contribution is 4.77. The van der Waals surface area contributed by atoms with Crippen LogP contribution < -0.4 is 0 Å². The summed E-state index contributed by atoms with van der Waals surface area (Å²) in [7, 11) is 0. The molecule has 0 rings (SSSR count). The van der Waals surface area contributed by atoms with Gasteiger partial charge < -0.3 is 4.74 Å². The quantitative estimate of drug-likeness (QED) is 0.190. The summed E-state index contributed by atoms with van der Waals surface area (Å²) >= 11 is 0. The van der Waals surface area contributed by atoms with E-state index in [9.17, 15) is 55.7 Å². The first kappa shape index (κ1) is 21.1. The molecular formula is C6H6F8N4O5. The third-order valence-electron chi connectivity index (χ3n) is 2.20. The van der Waals surface area contributed by atoms with Crippen LogP contribution in [-0.2, 0) is 4.74 Å². The van der Waals surface area contributed by atoms with Crippen molar-refractivity contribution >= 4 is 0 Å². The van der Waals surface area contributed by atoms with Crippen LogP contribution in [0.5, 0.6) is 0 Å². The number of hydrogen-bond donors (Lipinski definition) is 0. The van der Waals surface area contributed by atoms with Gasteiger partial charge in [-0.1, -0.05) is 0 Å². The summed E-state index contributed by atoms with van der Waals surface area (Å²) < 4.78 is 104. The van der Waals surface area contributed by atoms with Crippen molar-refractivity contribution in [1.82, 2.24) is 10.7 Å². The van der Waals surface area contributed by atoms with Gasteiger partial charge in [-0.05, 0) is 0 Å². The highest BCUT2D eigenvalue weighted by atomic mass is 19.4. The molecule has 0 radical (unpaired) electrons. The van der Waals surface area contributed by atoms with E-state index in [1.165, 1.54) is 0 Å². The van der Waals surface area contributed by atoms with E-state index in [-0.39, 0.29) is 0 Å². The lowest BCUT2D eigenvalue weighted by molar-refractivity contribution is -0.676. The van der Waals surface area contributed by atoms with E-state index in [4.69, 9.17) is 0 Å². The molecule has 0 aliphatic rings. The van der Waals surface area contributed by atoms with Gasteiger partial charge in [-0.3, -0.25) is 20.2 Å². The lowest BCUT2D eigenvalue weighted by atomic mass is 10.2. The summed E-state index contributed by atoms with van der Waals surface area (Å²) in [4.78, 5) is 15.1. The van der Waals surface area contributed by atoms with Crippen molar-refractivity contribution < 1.29 is 50.1 Å². The highest BCUT2D eigenvalue weighted by Gasteiger charge is 2.62. The van der Waals surface area contributed by atoms with E-state index in [0.29, 0.717) is 0 Å². The van der Waals surface area contributed by atoms with Gasteiger partial charge in [0.1, 0.15) is 13.1 Å². The molecule has 0 saturated carbocycles. The lowest BCUT2D eigenvalue weighted by Gasteiger charge is -2.26. The van der Waals surface area contributed by atoms with Crippen molar-refractivity contribution in [2.24, 2.45) is 0 Å². The maximum atomic E-state index is 13.1. The molecule has 0 saturated heterocycles. The topological polar surface area (TPSA) is 102 Å². The van der Waals surface area contributed by atoms with Gasteiger partial charge in [0, 0.05) is 10.7 Å². The van der Waals surface area contributed by atoms with E-state index >= 15 is 0 Å². The summed E-state index contributed by atoms with van der Waals surface area (Å²) in [6.45, 7) is -4.73. The number of ether oxygens (including phenoxy) is 1. The molecule has 0 aromatic heterocycles. The van der Waals surface area contributed by atoms with Crippen molar-refractivity contribution in [3.63, 3.8) is 0 Å². The highest BCUT2D eigenvalue weighted by Crippen LogP contribution is 2.30. The predicted octanol–water partition coefficient (Wildman–Crippen LogP) is 1.62. The summed E-state index contributed by atoms with van der Waals surface area (Å²) in [5.74, 6) is 0. The van der Waals surface area contributed by atoms with Crippen LogP contribution in [0.2, 0.25) is 0 Å². The molecule has 2 atom stereocenters. The monoisotopic (exact) mass is 366 g/mol. The molecule has 0 aliphatic heterocycles. The Morgan fingerprint density at radius 2 is 1.09 bits per heavy atom. The van der Waals surface area contributed by atoms with Gasteiger partial charge in [0.2, 0.25) is 12.2 Å². The zero-order valence-electron chi connectivity index (χ0n) is 10.4. The van der Waals surface area contributed by atoms with Gasteiger partial charge in [-0.2, -0.15) is 0 Å². The second-order valence-electron chi connectivity index (χ2n) is 3.77. The van der Waals surface area contributed by atoms with Crippen molar-refractivity contribution in [3.8, 4) is 0 Å². The Morgan fingerprint density at radius 1 is 0.826 bits per heavy atom. The van der Waals surface area contributed by atoms with E-state index < -0.39 is 57.9 Å². The smallest absolute Gasteiger partial charge is 0.344 e. The van der Waals surface area contributed by atoms with Crippen LogP contribution in [0, 0.1) is 20.2 Å². The van der Waals surface area contributed by atoms with Crippen LogP contribution in [0.25, 0.3) is 0 Å². The Morgan fingerprint density at radius 3 is 1.26 bits per heavy atom. The van der Waals surface area contributed by atoms with Gasteiger partial charge in [0.25, 0.3) is 0 Å². The van der Waals surface area contributed by atoms with E-state index in [0.717, 1.165) is 0 Å². The van der Waals surface area contributed by atoms with Crippen LogP contribution >= 0.6 is 0 Å². The fourth-order valence-electron chi connectivity index (χ4n) is 1.15. The minimum atomic E-state index is -5.42. The maximum absolute atomic E-state index is 13.1. The average Bonchev–Trinajstić information content (AvgIpc) is 2.35. The number of halogens is 8. The minimum Gasteiger partial charge on any atom is -0.344 e. The van der Waals surface area contributed by atoms with E-state index in [1.54, 1.807) is 0 Å².